The second-order valence-electron chi connectivity index (χ2n) is 3.84. The summed E-state index contributed by atoms with van der Waals surface area (Å²) in [7, 11) is 0. The molecule has 6 nitrogen and oxygen atoms in total. The molecule has 2 rings (SSSR count). The minimum absolute atomic E-state index is 0.479. The number of nitrogens with zero attached hydrogens (tertiary/aromatic N) is 2. The lowest BCUT2D eigenvalue weighted by Crippen LogP contribution is -2.03. The van der Waals surface area contributed by atoms with Crippen LogP contribution in [-0.2, 0) is 6.54 Å². The van der Waals surface area contributed by atoms with Gasteiger partial charge in [-0.05, 0) is 12.5 Å². The first kappa shape index (κ1) is 12.2. The van der Waals surface area contributed by atoms with E-state index in [1.807, 2.05) is 12.1 Å². The van der Waals surface area contributed by atoms with Crippen LogP contribution in [0.5, 0.6) is 5.75 Å². The Balaban J connectivity index is 2.00. The molecule has 0 aliphatic heterocycles. The summed E-state index contributed by atoms with van der Waals surface area (Å²) in [6.45, 7) is 3.21. The van der Waals surface area contributed by atoms with Crippen molar-refractivity contribution in [1.29, 1.82) is 0 Å². The summed E-state index contributed by atoms with van der Waals surface area (Å²) >= 11 is 0. The quantitative estimate of drug-likeness (QED) is 0.761. The highest BCUT2D eigenvalue weighted by Crippen LogP contribution is 2.23. The van der Waals surface area contributed by atoms with Crippen molar-refractivity contribution < 1.29 is 9.26 Å². The van der Waals surface area contributed by atoms with Crippen LogP contribution >= 0.6 is 0 Å². The van der Waals surface area contributed by atoms with Gasteiger partial charge < -0.3 is 20.3 Å². The van der Waals surface area contributed by atoms with Crippen molar-refractivity contribution in [1.82, 2.24) is 10.1 Å². The lowest BCUT2D eigenvalue weighted by molar-refractivity contribution is 0.318. The average molecular weight is 248 g/mol. The Hall–Kier alpha value is -2.24. The number of rotatable bonds is 6. The topological polar surface area (TPSA) is 86.2 Å². The monoisotopic (exact) mass is 248 g/mol. The molecule has 3 N–H and O–H groups in total. The van der Waals surface area contributed by atoms with E-state index in [1.54, 1.807) is 6.07 Å². The molecule has 0 bridgehead atoms. The van der Waals surface area contributed by atoms with Gasteiger partial charge >= 0.3 is 0 Å². The normalized spacial score (nSPS) is 10.3. The molecule has 1 heterocycles. The predicted molar refractivity (Wildman–Crippen MR) is 68.3 cm³/mol. The van der Waals surface area contributed by atoms with E-state index in [0.717, 1.165) is 17.9 Å². The fourth-order valence-corrected chi connectivity index (χ4v) is 1.48. The zero-order valence-corrected chi connectivity index (χ0v) is 10.2. The highest BCUT2D eigenvalue weighted by molar-refractivity contribution is 5.59. The molecule has 0 saturated carbocycles. The van der Waals surface area contributed by atoms with Crippen molar-refractivity contribution in [3.8, 4) is 5.75 Å². The van der Waals surface area contributed by atoms with Crippen LogP contribution < -0.4 is 15.8 Å². The molecule has 96 valence electrons. The molecule has 0 fully saturated rings. The number of nitrogen functional groups attached to an aromatic ring is 1. The number of hydrogen-bond acceptors (Lipinski definition) is 6. The zero-order valence-electron chi connectivity index (χ0n) is 10.2. The van der Waals surface area contributed by atoms with E-state index in [1.165, 1.54) is 6.39 Å². The fourth-order valence-electron chi connectivity index (χ4n) is 1.48. The van der Waals surface area contributed by atoms with E-state index in [9.17, 15) is 0 Å². The van der Waals surface area contributed by atoms with Gasteiger partial charge in [0.25, 0.3) is 0 Å². The molecule has 0 aliphatic carbocycles. The molecule has 0 atom stereocenters. The maximum atomic E-state index is 5.81. The van der Waals surface area contributed by atoms with Gasteiger partial charge in [0.2, 0.25) is 6.39 Å². The third-order valence-electron chi connectivity index (χ3n) is 2.26. The summed E-state index contributed by atoms with van der Waals surface area (Å²) in [5.41, 5.74) is 7.33. The molecule has 0 spiro atoms. The van der Waals surface area contributed by atoms with E-state index in [2.05, 4.69) is 26.9 Å². The number of ether oxygens (including phenoxy) is 1. The van der Waals surface area contributed by atoms with E-state index < -0.39 is 0 Å². The highest BCUT2D eigenvalue weighted by Gasteiger charge is 2.02. The van der Waals surface area contributed by atoms with Crippen molar-refractivity contribution in [2.45, 2.75) is 19.9 Å². The lowest BCUT2D eigenvalue weighted by Gasteiger charge is -2.09. The van der Waals surface area contributed by atoms with E-state index >= 15 is 0 Å². The van der Waals surface area contributed by atoms with Crippen molar-refractivity contribution in [3.63, 3.8) is 0 Å². The van der Waals surface area contributed by atoms with Gasteiger partial charge in [-0.1, -0.05) is 12.1 Å². The standard InChI is InChI=1S/C12H16N4O2/c1-2-3-17-11-5-9(13)4-10(6-11)14-7-12-15-8-18-16-12/h4-6,8,14H,2-3,7,13H2,1H3. The minimum Gasteiger partial charge on any atom is -0.493 e. The van der Waals surface area contributed by atoms with Crippen LogP contribution in [0.1, 0.15) is 19.2 Å². The SMILES string of the molecule is CCCOc1cc(N)cc(NCc2ncon2)c1. The molecule has 0 aliphatic rings. The van der Waals surface area contributed by atoms with Gasteiger partial charge in [-0.2, -0.15) is 4.98 Å². The third kappa shape index (κ3) is 3.38. The second kappa shape index (κ2) is 5.90. The van der Waals surface area contributed by atoms with Crippen LogP contribution in [0.3, 0.4) is 0 Å². The molecular weight excluding hydrogens is 232 g/mol. The number of nitrogens with one attached hydrogen (secondary N) is 1. The Kier molecular flexibility index (Phi) is 4.01. The maximum absolute atomic E-state index is 5.81. The Morgan fingerprint density at radius 2 is 2.28 bits per heavy atom. The zero-order chi connectivity index (χ0) is 12.8. The molecule has 1 aromatic heterocycles. The number of nitrogens with two attached hydrogens (primary N) is 1. The number of aromatic nitrogens is 2. The first-order chi connectivity index (χ1) is 8.78. The van der Waals surface area contributed by atoms with Gasteiger partial charge in [-0.25, -0.2) is 0 Å². The molecule has 18 heavy (non-hydrogen) atoms. The number of anilines is 2. The van der Waals surface area contributed by atoms with E-state index in [-0.39, 0.29) is 0 Å². The third-order valence-corrected chi connectivity index (χ3v) is 2.26. The van der Waals surface area contributed by atoms with Gasteiger partial charge in [0.05, 0.1) is 13.2 Å². The summed E-state index contributed by atoms with van der Waals surface area (Å²) in [6, 6.07) is 5.53. The summed E-state index contributed by atoms with van der Waals surface area (Å²) in [5.74, 6) is 1.35. The van der Waals surface area contributed by atoms with Gasteiger partial charge in [0.1, 0.15) is 5.75 Å². The Bertz CT molecular complexity index is 485. The first-order valence-corrected chi connectivity index (χ1v) is 5.80. The Labute approximate surface area is 105 Å². The lowest BCUT2D eigenvalue weighted by atomic mass is 10.2. The van der Waals surface area contributed by atoms with Gasteiger partial charge in [-0.3, -0.25) is 0 Å². The second-order valence-corrected chi connectivity index (χ2v) is 3.84. The van der Waals surface area contributed by atoms with Gasteiger partial charge in [-0.15, -0.1) is 0 Å². The molecule has 0 saturated heterocycles. The Morgan fingerprint density at radius 3 is 3.00 bits per heavy atom. The average Bonchev–Trinajstić information content (AvgIpc) is 2.86. The fraction of sp³-hybridized carbons (Fsp3) is 0.333. The molecule has 6 heteroatoms. The van der Waals surface area contributed by atoms with Crippen LogP contribution in [0.4, 0.5) is 11.4 Å². The summed E-state index contributed by atoms with van der Waals surface area (Å²) in [4.78, 5) is 3.92. The molecule has 1 aromatic carbocycles. The van der Waals surface area contributed by atoms with Crippen LogP contribution in [0.2, 0.25) is 0 Å². The number of hydrogen-bond donors (Lipinski definition) is 2. The summed E-state index contributed by atoms with van der Waals surface area (Å²) < 4.78 is 10.2. The van der Waals surface area contributed by atoms with Crippen molar-refractivity contribution in [3.05, 3.63) is 30.4 Å². The molecule has 0 radical (unpaired) electrons. The summed E-state index contributed by atoms with van der Waals surface area (Å²) in [5, 5.41) is 6.87. The first-order valence-electron chi connectivity index (χ1n) is 5.80. The van der Waals surface area contributed by atoms with Gasteiger partial charge in [0.15, 0.2) is 5.82 Å². The predicted octanol–water partition coefficient (Wildman–Crippen LogP) is 2.05. The highest BCUT2D eigenvalue weighted by atomic mass is 16.5. The van der Waals surface area contributed by atoms with Gasteiger partial charge in [0, 0.05) is 23.5 Å². The Morgan fingerprint density at radius 1 is 1.39 bits per heavy atom. The smallest absolute Gasteiger partial charge is 0.213 e. The van der Waals surface area contributed by atoms with E-state index in [4.69, 9.17) is 10.5 Å². The molecule has 2 aromatic rings. The van der Waals surface area contributed by atoms with Crippen LogP contribution in [0, 0.1) is 0 Å². The molecule has 0 amide bonds. The van der Waals surface area contributed by atoms with Crippen LogP contribution in [0.25, 0.3) is 0 Å². The minimum atomic E-state index is 0.479. The van der Waals surface area contributed by atoms with Crippen LogP contribution in [0.15, 0.2) is 29.1 Å². The van der Waals surface area contributed by atoms with E-state index in [0.29, 0.717) is 24.7 Å². The number of benzene rings is 1. The maximum Gasteiger partial charge on any atom is 0.213 e. The largest absolute Gasteiger partial charge is 0.493 e. The molecule has 0 unspecified atom stereocenters. The molecular formula is C12H16N4O2. The summed E-state index contributed by atoms with van der Waals surface area (Å²) in [6.07, 6.45) is 2.26. The van der Waals surface area contributed by atoms with Crippen molar-refractivity contribution in [2.75, 3.05) is 17.7 Å². The van der Waals surface area contributed by atoms with Crippen molar-refractivity contribution in [2.24, 2.45) is 0 Å². The van der Waals surface area contributed by atoms with Crippen LogP contribution in [-0.4, -0.2) is 16.7 Å². The van der Waals surface area contributed by atoms with Crippen molar-refractivity contribution >= 4 is 11.4 Å².